The Hall–Kier alpha value is -6.32. The molecular formula is C48H38N2O. The van der Waals surface area contributed by atoms with Crippen LogP contribution in [0.3, 0.4) is 0 Å². The molecule has 0 unspecified atom stereocenters. The van der Waals surface area contributed by atoms with Crippen LogP contribution in [0.1, 0.15) is 22.3 Å². The minimum atomic E-state index is 0.900. The largest absolute Gasteiger partial charge is 0.455 e. The summed E-state index contributed by atoms with van der Waals surface area (Å²) in [6.45, 7) is 8.58. The Morgan fingerprint density at radius 3 is 1.10 bits per heavy atom. The van der Waals surface area contributed by atoms with Gasteiger partial charge in [0.25, 0.3) is 0 Å². The molecule has 9 rings (SSSR count). The molecule has 1 aromatic heterocycles. The molecule has 0 aliphatic heterocycles. The summed E-state index contributed by atoms with van der Waals surface area (Å²) in [5.74, 6) is 0. The molecule has 246 valence electrons. The molecule has 1 heterocycles. The highest BCUT2D eigenvalue weighted by atomic mass is 16.3. The van der Waals surface area contributed by atoms with E-state index in [0.717, 1.165) is 77.6 Å². The van der Waals surface area contributed by atoms with Gasteiger partial charge in [-0.25, -0.2) is 0 Å². The van der Waals surface area contributed by atoms with Crippen molar-refractivity contribution in [1.29, 1.82) is 0 Å². The molecule has 3 heteroatoms. The second-order valence-electron chi connectivity index (χ2n) is 13.8. The standard InChI is InChI=1S/C48H38N2O/c1-31-19-23-35(24-20-31)49(37-13-9-11-33(3)27-37)45-29-43-44-30-46(50(36-25-21-32(2)22-26-36)38-14-10-12-34(4)28-38)40-16-6-8-18-42(40)48(44)51-47(43)41-17-7-5-15-39(41)45/h5-30H,1-4H3. The molecule has 0 aliphatic carbocycles. The average Bonchev–Trinajstić information content (AvgIpc) is 3.52. The summed E-state index contributed by atoms with van der Waals surface area (Å²) in [5, 5.41) is 6.62. The Bertz CT molecular complexity index is 2550. The summed E-state index contributed by atoms with van der Waals surface area (Å²) in [6, 6.07) is 57.1. The predicted molar refractivity (Wildman–Crippen MR) is 217 cm³/mol. The van der Waals surface area contributed by atoms with Gasteiger partial charge in [0.05, 0.1) is 11.4 Å². The number of aryl methyl sites for hydroxylation is 4. The minimum absolute atomic E-state index is 0.900. The summed E-state index contributed by atoms with van der Waals surface area (Å²) in [5.41, 5.74) is 13.4. The molecule has 3 nitrogen and oxygen atoms in total. The van der Waals surface area contributed by atoms with Gasteiger partial charge in [-0.1, -0.05) is 108 Å². The van der Waals surface area contributed by atoms with Gasteiger partial charge in [-0.05, 0) is 99.5 Å². The number of benzene rings is 8. The molecule has 0 N–H and O–H groups in total. The van der Waals surface area contributed by atoms with Crippen LogP contribution in [0, 0.1) is 27.7 Å². The molecule has 0 saturated carbocycles. The fourth-order valence-electron chi connectivity index (χ4n) is 7.53. The first-order chi connectivity index (χ1) is 24.9. The van der Waals surface area contributed by atoms with E-state index in [-0.39, 0.29) is 0 Å². The van der Waals surface area contributed by atoms with E-state index < -0.39 is 0 Å². The second kappa shape index (κ2) is 12.2. The molecular weight excluding hydrogens is 621 g/mol. The van der Waals surface area contributed by atoms with E-state index in [0.29, 0.717) is 0 Å². The van der Waals surface area contributed by atoms with Crippen molar-refractivity contribution in [2.75, 3.05) is 9.80 Å². The van der Waals surface area contributed by atoms with Crippen LogP contribution >= 0.6 is 0 Å². The number of hydrogen-bond donors (Lipinski definition) is 0. The number of anilines is 6. The van der Waals surface area contributed by atoms with E-state index in [4.69, 9.17) is 4.42 Å². The van der Waals surface area contributed by atoms with Gasteiger partial charge in [0.2, 0.25) is 0 Å². The van der Waals surface area contributed by atoms with Gasteiger partial charge in [0, 0.05) is 55.1 Å². The minimum Gasteiger partial charge on any atom is -0.455 e. The Labute approximate surface area is 298 Å². The van der Waals surface area contributed by atoms with Crippen LogP contribution in [0.15, 0.2) is 162 Å². The molecule has 0 fully saturated rings. The highest BCUT2D eigenvalue weighted by Crippen LogP contribution is 2.48. The maximum absolute atomic E-state index is 7.00. The maximum atomic E-state index is 7.00. The Kier molecular flexibility index (Phi) is 7.36. The topological polar surface area (TPSA) is 19.6 Å². The number of fused-ring (bicyclic) bond motifs is 7. The molecule has 0 saturated heterocycles. The van der Waals surface area contributed by atoms with E-state index in [1.807, 2.05) is 0 Å². The van der Waals surface area contributed by atoms with Gasteiger partial charge >= 0.3 is 0 Å². The van der Waals surface area contributed by atoms with Crippen LogP contribution in [0.2, 0.25) is 0 Å². The fraction of sp³-hybridized carbons (Fsp3) is 0.0833. The lowest BCUT2D eigenvalue weighted by Gasteiger charge is -2.28. The number of furan rings is 1. The molecule has 0 bridgehead atoms. The van der Waals surface area contributed by atoms with Crippen LogP contribution < -0.4 is 9.80 Å². The Morgan fingerprint density at radius 2 is 0.706 bits per heavy atom. The molecule has 0 aliphatic rings. The smallest absolute Gasteiger partial charge is 0.143 e. The zero-order valence-electron chi connectivity index (χ0n) is 29.3. The van der Waals surface area contributed by atoms with Crippen molar-refractivity contribution < 1.29 is 4.42 Å². The average molecular weight is 659 g/mol. The van der Waals surface area contributed by atoms with Gasteiger partial charge in [0.1, 0.15) is 11.2 Å². The maximum Gasteiger partial charge on any atom is 0.143 e. The zero-order valence-corrected chi connectivity index (χ0v) is 29.3. The highest BCUT2D eigenvalue weighted by molar-refractivity contribution is 6.25. The summed E-state index contributed by atoms with van der Waals surface area (Å²) in [7, 11) is 0. The monoisotopic (exact) mass is 658 g/mol. The van der Waals surface area contributed by atoms with E-state index in [2.05, 4.69) is 195 Å². The normalized spacial score (nSPS) is 11.5. The first kappa shape index (κ1) is 30.7. The summed E-state index contributed by atoms with van der Waals surface area (Å²) in [4.78, 5) is 4.78. The third-order valence-corrected chi connectivity index (χ3v) is 10.0. The molecule has 0 spiro atoms. The van der Waals surface area contributed by atoms with Crippen molar-refractivity contribution in [3.05, 3.63) is 180 Å². The van der Waals surface area contributed by atoms with Crippen LogP contribution in [0.4, 0.5) is 34.1 Å². The van der Waals surface area contributed by atoms with Gasteiger partial charge in [-0.15, -0.1) is 0 Å². The molecule has 9 aromatic rings. The quantitative estimate of drug-likeness (QED) is 0.177. The third kappa shape index (κ3) is 5.30. The van der Waals surface area contributed by atoms with Crippen molar-refractivity contribution in [1.82, 2.24) is 0 Å². The lowest BCUT2D eigenvalue weighted by atomic mass is 9.99. The van der Waals surface area contributed by atoms with Crippen molar-refractivity contribution in [2.45, 2.75) is 27.7 Å². The second-order valence-corrected chi connectivity index (χ2v) is 13.8. The van der Waals surface area contributed by atoms with Crippen molar-refractivity contribution in [3.63, 3.8) is 0 Å². The van der Waals surface area contributed by atoms with Crippen LogP contribution in [-0.2, 0) is 0 Å². The van der Waals surface area contributed by atoms with E-state index in [9.17, 15) is 0 Å². The molecule has 0 radical (unpaired) electrons. The lowest BCUT2D eigenvalue weighted by molar-refractivity contribution is 0.676. The lowest BCUT2D eigenvalue weighted by Crippen LogP contribution is -2.11. The Morgan fingerprint density at radius 1 is 0.314 bits per heavy atom. The van der Waals surface area contributed by atoms with Gasteiger partial charge < -0.3 is 14.2 Å². The molecule has 0 atom stereocenters. The third-order valence-electron chi connectivity index (χ3n) is 10.0. The highest BCUT2D eigenvalue weighted by Gasteiger charge is 2.24. The molecule has 51 heavy (non-hydrogen) atoms. The molecule has 8 aromatic carbocycles. The Balaban J connectivity index is 1.39. The van der Waals surface area contributed by atoms with E-state index in [1.165, 1.54) is 22.3 Å². The summed E-state index contributed by atoms with van der Waals surface area (Å²) >= 11 is 0. The van der Waals surface area contributed by atoms with Crippen LogP contribution in [-0.4, -0.2) is 0 Å². The number of nitrogens with zero attached hydrogens (tertiary/aromatic N) is 2. The van der Waals surface area contributed by atoms with E-state index >= 15 is 0 Å². The van der Waals surface area contributed by atoms with Gasteiger partial charge in [-0.3, -0.25) is 0 Å². The van der Waals surface area contributed by atoms with Gasteiger partial charge in [0.15, 0.2) is 0 Å². The van der Waals surface area contributed by atoms with Crippen molar-refractivity contribution >= 4 is 77.6 Å². The van der Waals surface area contributed by atoms with Gasteiger partial charge in [-0.2, -0.15) is 0 Å². The fourth-order valence-corrected chi connectivity index (χ4v) is 7.53. The number of rotatable bonds is 6. The first-order valence-corrected chi connectivity index (χ1v) is 17.6. The molecule has 0 amide bonds. The van der Waals surface area contributed by atoms with Crippen LogP contribution in [0.5, 0.6) is 0 Å². The summed E-state index contributed by atoms with van der Waals surface area (Å²) < 4.78 is 7.00. The predicted octanol–water partition coefficient (Wildman–Crippen LogP) is 14.1. The van der Waals surface area contributed by atoms with E-state index in [1.54, 1.807) is 0 Å². The SMILES string of the molecule is Cc1ccc(N(c2cccc(C)c2)c2cc3c4cc(N(c5ccc(C)cc5)c5cccc(C)c5)c5ccccc5c4oc3c3ccccc23)cc1. The van der Waals surface area contributed by atoms with Crippen molar-refractivity contribution in [2.24, 2.45) is 0 Å². The zero-order chi connectivity index (χ0) is 34.6. The first-order valence-electron chi connectivity index (χ1n) is 17.6. The van der Waals surface area contributed by atoms with Crippen molar-refractivity contribution in [3.8, 4) is 0 Å². The van der Waals surface area contributed by atoms with Crippen LogP contribution in [0.25, 0.3) is 43.5 Å². The summed E-state index contributed by atoms with van der Waals surface area (Å²) in [6.07, 6.45) is 0. The number of hydrogen-bond acceptors (Lipinski definition) is 3.